The molecular weight excluding hydrogens is 313 g/mol. The molecule has 0 aliphatic rings. The average Bonchev–Trinajstić information content (AvgIpc) is 2.47. The maximum Gasteiger partial charge on any atom is 0.335 e. The SMILES string of the molecule is COc1ccc(NS(=O)(=O)c2ccc(C(=O)O)cc2)cc1F. The van der Waals surface area contributed by atoms with Crippen LogP contribution in [0.3, 0.4) is 0 Å². The number of carboxylic acid groups (broad SMARTS) is 1. The van der Waals surface area contributed by atoms with E-state index in [1.807, 2.05) is 0 Å². The van der Waals surface area contributed by atoms with E-state index >= 15 is 0 Å². The van der Waals surface area contributed by atoms with Crippen molar-refractivity contribution in [2.45, 2.75) is 4.90 Å². The first-order chi connectivity index (χ1) is 10.3. The largest absolute Gasteiger partial charge is 0.494 e. The van der Waals surface area contributed by atoms with Crippen LogP contribution in [0.5, 0.6) is 5.75 Å². The predicted octanol–water partition coefficient (Wildman–Crippen LogP) is 2.33. The zero-order valence-electron chi connectivity index (χ0n) is 11.4. The van der Waals surface area contributed by atoms with Crippen molar-refractivity contribution in [2.75, 3.05) is 11.8 Å². The van der Waals surface area contributed by atoms with Crippen LogP contribution >= 0.6 is 0 Å². The fraction of sp³-hybridized carbons (Fsp3) is 0.0714. The third kappa shape index (κ3) is 3.34. The number of nitrogens with one attached hydrogen (secondary N) is 1. The lowest BCUT2D eigenvalue weighted by atomic mass is 10.2. The van der Waals surface area contributed by atoms with Crippen molar-refractivity contribution in [2.24, 2.45) is 0 Å². The molecule has 8 heteroatoms. The van der Waals surface area contributed by atoms with Crippen molar-refractivity contribution in [1.82, 2.24) is 0 Å². The molecule has 0 unspecified atom stereocenters. The number of sulfonamides is 1. The molecule has 0 amide bonds. The van der Waals surface area contributed by atoms with Crippen LogP contribution in [0.25, 0.3) is 0 Å². The molecule has 2 aromatic carbocycles. The number of aromatic carboxylic acids is 1. The van der Waals surface area contributed by atoms with Crippen LogP contribution in [0.4, 0.5) is 10.1 Å². The van der Waals surface area contributed by atoms with Crippen molar-refractivity contribution in [1.29, 1.82) is 0 Å². The number of carboxylic acids is 1. The number of ether oxygens (including phenoxy) is 1. The molecule has 0 bridgehead atoms. The van der Waals surface area contributed by atoms with Gasteiger partial charge in [-0.1, -0.05) is 0 Å². The molecule has 22 heavy (non-hydrogen) atoms. The van der Waals surface area contributed by atoms with Crippen LogP contribution in [-0.2, 0) is 10.0 Å². The Hall–Kier alpha value is -2.61. The minimum Gasteiger partial charge on any atom is -0.494 e. The molecule has 0 fully saturated rings. The van der Waals surface area contributed by atoms with Crippen LogP contribution in [0.1, 0.15) is 10.4 Å². The highest BCUT2D eigenvalue weighted by molar-refractivity contribution is 7.92. The zero-order valence-corrected chi connectivity index (χ0v) is 12.2. The van der Waals surface area contributed by atoms with Crippen LogP contribution in [0.2, 0.25) is 0 Å². The summed E-state index contributed by atoms with van der Waals surface area (Å²) in [5, 5.41) is 8.78. The molecule has 2 N–H and O–H groups in total. The second-order valence-corrected chi connectivity index (χ2v) is 5.97. The van der Waals surface area contributed by atoms with Crippen molar-refractivity contribution in [3.8, 4) is 5.75 Å². The van der Waals surface area contributed by atoms with Gasteiger partial charge in [0.1, 0.15) is 0 Å². The van der Waals surface area contributed by atoms with Crippen LogP contribution in [0.15, 0.2) is 47.4 Å². The monoisotopic (exact) mass is 325 g/mol. The molecule has 2 aromatic rings. The third-order valence-corrected chi connectivity index (χ3v) is 4.21. The van der Waals surface area contributed by atoms with E-state index in [9.17, 15) is 17.6 Å². The van der Waals surface area contributed by atoms with Gasteiger partial charge >= 0.3 is 5.97 Å². The Balaban J connectivity index is 2.27. The number of halogens is 1. The highest BCUT2D eigenvalue weighted by atomic mass is 32.2. The number of hydrogen-bond donors (Lipinski definition) is 2. The average molecular weight is 325 g/mol. The quantitative estimate of drug-likeness (QED) is 0.880. The fourth-order valence-electron chi connectivity index (χ4n) is 1.72. The van der Waals surface area contributed by atoms with Gasteiger partial charge in [0.2, 0.25) is 0 Å². The molecule has 0 saturated heterocycles. The van der Waals surface area contributed by atoms with E-state index in [0.29, 0.717) is 0 Å². The molecule has 0 atom stereocenters. The van der Waals surface area contributed by atoms with E-state index in [-0.39, 0.29) is 21.9 Å². The number of rotatable bonds is 5. The molecule has 2 rings (SSSR count). The smallest absolute Gasteiger partial charge is 0.335 e. The van der Waals surface area contributed by atoms with Gasteiger partial charge in [0.25, 0.3) is 10.0 Å². The Morgan fingerprint density at radius 2 is 1.82 bits per heavy atom. The van der Waals surface area contributed by atoms with E-state index in [0.717, 1.165) is 18.2 Å². The second kappa shape index (κ2) is 6.02. The normalized spacial score (nSPS) is 11.0. The summed E-state index contributed by atoms with van der Waals surface area (Å²) in [7, 11) is -2.64. The number of carbonyl (C=O) groups is 1. The Kier molecular flexibility index (Phi) is 4.32. The van der Waals surface area contributed by atoms with Gasteiger partial charge in [-0.25, -0.2) is 17.6 Å². The van der Waals surface area contributed by atoms with Gasteiger partial charge in [-0.15, -0.1) is 0 Å². The van der Waals surface area contributed by atoms with Gasteiger partial charge in [-0.2, -0.15) is 0 Å². The lowest BCUT2D eigenvalue weighted by Gasteiger charge is -2.09. The van der Waals surface area contributed by atoms with Crippen molar-refractivity contribution < 1.29 is 27.4 Å². The molecule has 0 saturated carbocycles. The highest BCUT2D eigenvalue weighted by Crippen LogP contribution is 2.23. The Labute approximate surface area is 126 Å². The summed E-state index contributed by atoms with van der Waals surface area (Å²) in [4.78, 5) is 10.6. The maximum atomic E-state index is 13.5. The minimum atomic E-state index is -3.94. The number of hydrogen-bond acceptors (Lipinski definition) is 4. The first-order valence-corrected chi connectivity index (χ1v) is 7.51. The number of methoxy groups -OCH3 is 1. The van der Waals surface area contributed by atoms with Crippen molar-refractivity contribution in [3.05, 3.63) is 53.8 Å². The summed E-state index contributed by atoms with van der Waals surface area (Å²) in [6.07, 6.45) is 0. The molecule has 6 nitrogen and oxygen atoms in total. The first-order valence-electron chi connectivity index (χ1n) is 6.03. The molecule has 116 valence electrons. The summed E-state index contributed by atoms with van der Waals surface area (Å²) in [5.41, 5.74) is -0.00458. The maximum absolute atomic E-state index is 13.5. The Morgan fingerprint density at radius 3 is 2.32 bits per heavy atom. The lowest BCUT2D eigenvalue weighted by molar-refractivity contribution is 0.0696. The van der Waals surface area contributed by atoms with Gasteiger partial charge in [0, 0.05) is 6.07 Å². The highest BCUT2D eigenvalue weighted by Gasteiger charge is 2.16. The summed E-state index contributed by atoms with van der Waals surface area (Å²) in [6, 6.07) is 8.29. The molecular formula is C14H12FNO5S. The summed E-state index contributed by atoms with van der Waals surface area (Å²) < 4.78 is 44.8. The third-order valence-electron chi connectivity index (χ3n) is 2.82. The molecule has 0 aromatic heterocycles. The van der Waals surface area contributed by atoms with Crippen LogP contribution < -0.4 is 9.46 Å². The van der Waals surface area contributed by atoms with E-state index in [1.54, 1.807) is 0 Å². The van der Waals surface area contributed by atoms with Gasteiger partial charge in [-0.05, 0) is 36.4 Å². The minimum absolute atomic E-state index is 0.00578. The van der Waals surface area contributed by atoms with E-state index in [4.69, 9.17) is 9.84 Å². The Bertz CT molecular complexity index is 802. The van der Waals surface area contributed by atoms with Gasteiger partial charge in [-0.3, -0.25) is 4.72 Å². The summed E-state index contributed by atoms with van der Waals surface area (Å²) in [5.74, 6) is -1.87. The van der Waals surface area contributed by atoms with Crippen molar-refractivity contribution >= 4 is 21.7 Å². The zero-order chi connectivity index (χ0) is 16.3. The van der Waals surface area contributed by atoms with E-state index < -0.39 is 21.8 Å². The standard InChI is InChI=1S/C14H12FNO5S/c1-21-13-7-4-10(8-12(13)15)16-22(19,20)11-5-2-9(3-6-11)14(17)18/h2-8,16H,1H3,(H,17,18). The van der Waals surface area contributed by atoms with Crippen LogP contribution in [-0.4, -0.2) is 26.6 Å². The van der Waals surface area contributed by atoms with E-state index in [2.05, 4.69) is 4.72 Å². The molecule has 0 heterocycles. The lowest BCUT2D eigenvalue weighted by Crippen LogP contribution is -2.13. The first kappa shape index (κ1) is 15.8. The molecule has 0 aliphatic carbocycles. The summed E-state index contributed by atoms with van der Waals surface area (Å²) in [6.45, 7) is 0. The summed E-state index contributed by atoms with van der Waals surface area (Å²) >= 11 is 0. The van der Waals surface area contributed by atoms with Gasteiger partial charge < -0.3 is 9.84 Å². The molecule has 0 aliphatic heterocycles. The van der Waals surface area contributed by atoms with Gasteiger partial charge in [0.15, 0.2) is 11.6 Å². The van der Waals surface area contributed by atoms with E-state index in [1.165, 1.54) is 31.4 Å². The number of benzene rings is 2. The fourth-order valence-corrected chi connectivity index (χ4v) is 2.77. The second-order valence-electron chi connectivity index (χ2n) is 4.28. The predicted molar refractivity (Wildman–Crippen MR) is 77.2 cm³/mol. The topological polar surface area (TPSA) is 92.7 Å². The molecule has 0 radical (unpaired) electrons. The Morgan fingerprint density at radius 1 is 1.18 bits per heavy atom. The van der Waals surface area contributed by atoms with Crippen molar-refractivity contribution in [3.63, 3.8) is 0 Å². The number of anilines is 1. The van der Waals surface area contributed by atoms with Gasteiger partial charge in [0.05, 0.1) is 23.3 Å². The molecule has 0 spiro atoms. The van der Waals surface area contributed by atoms with Crippen LogP contribution in [0, 0.1) is 5.82 Å².